The van der Waals surface area contributed by atoms with Crippen molar-refractivity contribution in [3.63, 3.8) is 0 Å². The molecule has 6 bridgehead atoms. The Labute approximate surface area is 223 Å². The molecule has 8 unspecified atom stereocenters. The standard InChI is InChI=1S/C30H40O8/c1-13-24(36-28(34)35-13)21-17-6-5-16(12-17)20(21)22-23(26(32)37-25(22)31)29(2,3)27(33)38-30(4)18-8-14-7-15(10-18)11-19(30)9-14/h13-24H,5-12H2,1-4H3. The molecule has 0 aromatic rings. The van der Waals surface area contributed by atoms with Crippen molar-refractivity contribution < 1.29 is 38.1 Å². The molecule has 8 atom stereocenters. The summed E-state index contributed by atoms with van der Waals surface area (Å²) in [5.41, 5.74) is -1.75. The summed E-state index contributed by atoms with van der Waals surface area (Å²) in [7, 11) is 0. The van der Waals surface area contributed by atoms with Gasteiger partial charge in [-0.05, 0) is 120 Å². The molecule has 6 aliphatic carbocycles. The van der Waals surface area contributed by atoms with Crippen molar-refractivity contribution in [1.82, 2.24) is 0 Å². The molecule has 8 rings (SSSR count). The van der Waals surface area contributed by atoms with Gasteiger partial charge in [-0.15, -0.1) is 0 Å². The molecule has 0 amide bonds. The fourth-order valence-corrected chi connectivity index (χ4v) is 10.6. The van der Waals surface area contributed by atoms with Crippen molar-refractivity contribution in [1.29, 1.82) is 0 Å². The van der Waals surface area contributed by atoms with Crippen LogP contribution < -0.4 is 0 Å². The van der Waals surface area contributed by atoms with E-state index >= 15 is 0 Å². The molecular formula is C30H40O8. The van der Waals surface area contributed by atoms with Gasteiger partial charge in [-0.3, -0.25) is 14.4 Å². The van der Waals surface area contributed by atoms with Crippen LogP contribution in [-0.4, -0.2) is 41.9 Å². The van der Waals surface area contributed by atoms with Gasteiger partial charge in [0.15, 0.2) is 0 Å². The van der Waals surface area contributed by atoms with E-state index in [0.29, 0.717) is 11.8 Å². The van der Waals surface area contributed by atoms with Crippen LogP contribution in [0.4, 0.5) is 4.79 Å². The largest absolute Gasteiger partial charge is 0.509 e. The van der Waals surface area contributed by atoms with E-state index in [2.05, 4.69) is 6.92 Å². The van der Waals surface area contributed by atoms with E-state index in [1.165, 1.54) is 6.42 Å². The number of rotatable bonds is 5. The predicted molar refractivity (Wildman–Crippen MR) is 132 cm³/mol. The topological polar surface area (TPSA) is 105 Å². The van der Waals surface area contributed by atoms with E-state index in [-0.39, 0.29) is 23.7 Å². The highest BCUT2D eigenvalue weighted by Gasteiger charge is 2.66. The van der Waals surface area contributed by atoms with Crippen LogP contribution in [0.5, 0.6) is 0 Å². The first-order valence-corrected chi connectivity index (χ1v) is 14.8. The summed E-state index contributed by atoms with van der Waals surface area (Å²) in [5, 5.41) is 0. The van der Waals surface area contributed by atoms with Crippen LogP contribution in [0.15, 0.2) is 0 Å². The first-order valence-electron chi connectivity index (χ1n) is 14.8. The second-order valence-corrected chi connectivity index (χ2v) is 14.5. The monoisotopic (exact) mass is 528 g/mol. The van der Waals surface area contributed by atoms with Crippen molar-refractivity contribution in [2.75, 3.05) is 0 Å². The molecule has 0 aromatic heterocycles. The van der Waals surface area contributed by atoms with Crippen LogP contribution in [0.1, 0.15) is 79.1 Å². The molecule has 0 spiro atoms. The summed E-state index contributed by atoms with van der Waals surface area (Å²) in [4.78, 5) is 52.6. The van der Waals surface area contributed by atoms with Gasteiger partial charge >= 0.3 is 24.1 Å². The average Bonchev–Trinajstić information content (AvgIpc) is 3.59. The number of esters is 3. The summed E-state index contributed by atoms with van der Waals surface area (Å²) in [6.45, 7) is 7.42. The summed E-state index contributed by atoms with van der Waals surface area (Å²) in [6, 6.07) is 0. The number of carbonyl (C=O) groups is 4. The van der Waals surface area contributed by atoms with E-state index in [9.17, 15) is 19.2 Å². The lowest BCUT2D eigenvalue weighted by Gasteiger charge is -2.59. The molecule has 8 aliphatic rings. The maximum atomic E-state index is 14.0. The Balaban J connectivity index is 1.18. The molecule has 0 N–H and O–H groups in total. The Morgan fingerprint density at radius 1 is 0.868 bits per heavy atom. The number of hydrogen-bond acceptors (Lipinski definition) is 8. The zero-order valence-electron chi connectivity index (χ0n) is 22.9. The van der Waals surface area contributed by atoms with Crippen LogP contribution >= 0.6 is 0 Å². The van der Waals surface area contributed by atoms with Gasteiger partial charge in [0.05, 0.1) is 17.3 Å². The predicted octanol–water partition coefficient (Wildman–Crippen LogP) is 4.67. The molecule has 8 fully saturated rings. The zero-order chi connectivity index (χ0) is 26.7. The smallest absolute Gasteiger partial charge is 0.458 e. The van der Waals surface area contributed by atoms with E-state index in [0.717, 1.165) is 56.8 Å². The first-order chi connectivity index (χ1) is 18.0. The van der Waals surface area contributed by atoms with Crippen molar-refractivity contribution in [3.8, 4) is 0 Å². The molecule has 0 radical (unpaired) electrons. The summed E-state index contributed by atoms with van der Waals surface area (Å²) < 4.78 is 22.7. The van der Waals surface area contributed by atoms with Crippen LogP contribution in [-0.2, 0) is 33.3 Å². The minimum atomic E-state index is -1.23. The van der Waals surface area contributed by atoms with Crippen molar-refractivity contribution in [3.05, 3.63) is 0 Å². The minimum absolute atomic E-state index is 0.102. The molecule has 8 heteroatoms. The fourth-order valence-electron chi connectivity index (χ4n) is 10.6. The molecule has 8 nitrogen and oxygen atoms in total. The summed E-state index contributed by atoms with van der Waals surface area (Å²) in [5.74, 6) is -0.866. The van der Waals surface area contributed by atoms with Crippen LogP contribution in [0.25, 0.3) is 0 Å². The highest BCUT2D eigenvalue weighted by atomic mass is 16.8. The molecule has 38 heavy (non-hydrogen) atoms. The number of hydrogen-bond donors (Lipinski definition) is 0. The zero-order valence-corrected chi connectivity index (χ0v) is 22.9. The Bertz CT molecular complexity index is 1050. The minimum Gasteiger partial charge on any atom is -0.458 e. The average molecular weight is 529 g/mol. The Morgan fingerprint density at radius 3 is 2.05 bits per heavy atom. The quantitative estimate of drug-likeness (QED) is 0.288. The SMILES string of the molecule is CC1OC(=O)OC1C1C2CCC(C2)C1C1C(=O)OC(=O)C1C(C)(C)C(=O)OC1(C)C2CC3CC(C2)CC1C3. The maximum absolute atomic E-state index is 14.0. The number of ether oxygens (including phenoxy) is 4. The number of cyclic esters (lactones) is 4. The van der Waals surface area contributed by atoms with Crippen LogP contribution in [0.2, 0.25) is 0 Å². The first kappa shape index (κ1) is 24.9. The molecule has 6 saturated carbocycles. The lowest BCUT2D eigenvalue weighted by molar-refractivity contribution is -0.214. The van der Waals surface area contributed by atoms with Gasteiger partial charge in [-0.1, -0.05) is 0 Å². The van der Waals surface area contributed by atoms with Gasteiger partial charge < -0.3 is 18.9 Å². The summed E-state index contributed by atoms with van der Waals surface area (Å²) >= 11 is 0. The fraction of sp³-hybridized carbons (Fsp3) is 0.867. The van der Waals surface area contributed by atoms with Gasteiger partial charge in [-0.25, -0.2) is 4.79 Å². The van der Waals surface area contributed by atoms with Gasteiger partial charge in [0.2, 0.25) is 0 Å². The van der Waals surface area contributed by atoms with Gasteiger partial charge in [0.25, 0.3) is 0 Å². The Kier molecular flexibility index (Phi) is 5.37. The molecule has 2 saturated heterocycles. The second kappa shape index (κ2) is 8.20. The Hall–Kier alpha value is -2.12. The van der Waals surface area contributed by atoms with E-state index in [4.69, 9.17) is 18.9 Å². The third-order valence-electron chi connectivity index (χ3n) is 12.3. The molecule has 0 aromatic carbocycles. The van der Waals surface area contributed by atoms with Crippen molar-refractivity contribution >= 4 is 24.1 Å². The molecule has 2 heterocycles. The third-order valence-corrected chi connectivity index (χ3v) is 12.3. The van der Waals surface area contributed by atoms with E-state index in [1.807, 2.05) is 6.92 Å². The van der Waals surface area contributed by atoms with E-state index < -0.39 is 59.1 Å². The number of carbonyl (C=O) groups excluding carboxylic acids is 4. The third kappa shape index (κ3) is 3.39. The van der Waals surface area contributed by atoms with E-state index in [1.54, 1.807) is 13.8 Å². The van der Waals surface area contributed by atoms with Crippen LogP contribution in [0, 0.1) is 64.6 Å². The molecule has 208 valence electrons. The lowest BCUT2D eigenvalue weighted by Crippen LogP contribution is -2.59. The number of fused-ring (bicyclic) bond motifs is 2. The second-order valence-electron chi connectivity index (χ2n) is 14.5. The summed E-state index contributed by atoms with van der Waals surface area (Å²) in [6.07, 6.45) is 7.06. The van der Waals surface area contributed by atoms with Crippen molar-refractivity contribution in [2.24, 2.45) is 64.6 Å². The molecule has 2 aliphatic heterocycles. The van der Waals surface area contributed by atoms with Gasteiger partial charge in [0.1, 0.15) is 17.8 Å². The Morgan fingerprint density at radius 2 is 1.47 bits per heavy atom. The highest BCUT2D eigenvalue weighted by Crippen LogP contribution is 2.62. The van der Waals surface area contributed by atoms with Gasteiger partial charge in [0, 0.05) is 5.92 Å². The highest BCUT2D eigenvalue weighted by molar-refractivity contribution is 6.00. The maximum Gasteiger partial charge on any atom is 0.509 e. The van der Waals surface area contributed by atoms with Crippen molar-refractivity contribution in [2.45, 2.75) is 96.9 Å². The van der Waals surface area contributed by atoms with Gasteiger partial charge in [-0.2, -0.15) is 0 Å². The molecular weight excluding hydrogens is 488 g/mol. The van der Waals surface area contributed by atoms with Crippen LogP contribution in [0.3, 0.4) is 0 Å². The normalized spacial score (nSPS) is 50.8. The lowest BCUT2D eigenvalue weighted by atomic mass is 9.50.